The Labute approximate surface area is 176 Å². The molecular formula is C17H24N4O8S. The van der Waals surface area contributed by atoms with Gasteiger partial charge in [0.15, 0.2) is 18.4 Å². The Morgan fingerprint density at radius 1 is 1.00 bits per heavy atom. The fourth-order valence-corrected chi connectivity index (χ4v) is 3.55. The van der Waals surface area contributed by atoms with Gasteiger partial charge in [0.05, 0.1) is 0 Å². The van der Waals surface area contributed by atoms with Gasteiger partial charge in [-0.05, 0) is 6.92 Å². The highest BCUT2D eigenvalue weighted by Crippen LogP contribution is 2.29. The highest BCUT2D eigenvalue weighted by Gasteiger charge is 2.51. The molecule has 1 aliphatic heterocycles. The first-order valence-corrected chi connectivity index (χ1v) is 9.85. The summed E-state index contributed by atoms with van der Waals surface area (Å²) in [5.74, 6) is -2.33. The van der Waals surface area contributed by atoms with Crippen molar-refractivity contribution in [2.75, 3.05) is 11.9 Å². The maximum atomic E-state index is 11.8. The van der Waals surface area contributed by atoms with Gasteiger partial charge >= 0.3 is 17.9 Å². The van der Waals surface area contributed by atoms with Gasteiger partial charge in [0.2, 0.25) is 11.0 Å². The van der Waals surface area contributed by atoms with Gasteiger partial charge in [0.1, 0.15) is 23.8 Å². The van der Waals surface area contributed by atoms with Gasteiger partial charge in [0, 0.05) is 27.7 Å². The number of hydrogen-bond donors (Lipinski definition) is 2. The van der Waals surface area contributed by atoms with E-state index < -0.39 is 54.4 Å². The third kappa shape index (κ3) is 6.62. The molecule has 2 heterocycles. The van der Waals surface area contributed by atoms with Crippen LogP contribution in [0.25, 0.3) is 0 Å². The second-order valence-electron chi connectivity index (χ2n) is 6.54. The van der Waals surface area contributed by atoms with Crippen LogP contribution in [0.5, 0.6) is 0 Å². The van der Waals surface area contributed by atoms with Gasteiger partial charge in [-0.3, -0.25) is 19.2 Å². The van der Waals surface area contributed by atoms with Crippen LogP contribution < -0.4 is 10.6 Å². The molecule has 2 N–H and O–H groups in total. The molecule has 1 aliphatic rings. The molecule has 1 aromatic heterocycles. The van der Waals surface area contributed by atoms with Crippen LogP contribution in [-0.4, -0.2) is 71.2 Å². The van der Waals surface area contributed by atoms with Crippen LogP contribution in [0.2, 0.25) is 0 Å². The molecule has 1 aromatic rings. The number of anilines is 1. The molecule has 5 atom stereocenters. The van der Waals surface area contributed by atoms with Crippen LogP contribution in [0.1, 0.15) is 32.7 Å². The van der Waals surface area contributed by atoms with Crippen LogP contribution in [0.3, 0.4) is 0 Å². The molecular weight excluding hydrogens is 420 g/mol. The number of rotatable bonds is 7. The van der Waals surface area contributed by atoms with E-state index >= 15 is 0 Å². The average Bonchev–Trinajstić information content (AvgIpc) is 3.02. The summed E-state index contributed by atoms with van der Waals surface area (Å²) in [7, 11) is 0. The van der Waals surface area contributed by atoms with Crippen molar-refractivity contribution < 1.29 is 38.1 Å². The summed E-state index contributed by atoms with van der Waals surface area (Å²) in [6.45, 7) is 6.34. The van der Waals surface area contributed by atoms with Crippen molar-refractivity contribution in [3.63, 3.8) is 0 Å². The van der Waals surface area contributed by atoms with Crippen LogP contribution >= 0.6 is 11.3 Å². The van der Waals surface area contributed by atoms with Crippen LogP contribution in [0, 0.1) is 6.92 Å². The number of esters is 3. The predicted octanol–water partition coefficient (Wildman–Crippen LogP) is -0.0855. The SMILES string of the molecule is CC(=O)N[C@@H]1[C@@H](OC(C)=O)[C@H](OC(C)=O)[C@@H](COC(C)=O)O[C@H]1Nc1nnc(C)s1. The fraction of sp³-hybridized carbons (Fsp3) is 0.647. The molecule has 30 heavy (non-hydrogen) atoms. The molecule has 0 saturated carbocycles. The highest BCUT2D eigenvalue weighted by atomic mass is 32.1. The minimum absolute atomic E-state index is 0.273. The molecule has 1 amide bonds. The molecule has 166 valence electrons. The Balaban J connectivity index is 2.41. The van der Waals surface area contributed by atoms with E-state index in [0.29, 0.717) is 10.1 Å². The standard InChI is InChI=1S/C17H24N4O8S/c1-7(22)18-13-15(28-11(5)25)14(27-10(4)24)12(6-26-9(3)23)29-16(13)19-17-21-20-8(2)30-17/h12-16H,6H2,1-5H3,(H,18,22)(H,19,21)/t12-,13-,14-,15-,16-/m1/s1. The number of carbonyl (C=O) groups excluding carboxylic acids is 4. The Bertz CT molecular complexity index is 800. The van der Waals surface area contributed by atoms with Crippen molar-refractivity contribution in [1.82, 2.24) is 15.5 Å². The molecule has 0 spiro atoms. The lowest BCUT2D eigenvalue weighted by Crippen LogP contribution is -2.67. The molecule has 1 fully saturated rings. The molecule has 0 bridgehead atoms. The van der Waals surface area contributed by atoms with Crippen molar-refractivity contribution in [2.45, 2.75) is 65.2 Å². The highest BCUT2D eigenvalue weighted by molar-refractivity contribution is 7.15. The van der Waals surface area contributed by atoms with E-state index in [2.05, 4.69) is 20.8 Å². The van der Waals surface area contributed by atoms with E-state index in [4.69, 9.17) is 18.9 Å². The lowest BCUT2D eigenvalue weighted by molar-refractivity contribution is -0.219. The summed E-state index contributed by atoms with van der Waals surface area (Å²) < 4.78 is 21.7. The van der Waals surface area contributed by atoms with Gasteiger partial charge in [-0.2, -0.15) is 0 Å². The summed E-state index contributed by atoms with van der Waals surface area (Å²) in [5, 5.41) is 14.6. The first-order chi connectivity index (χ1) is 14.1. The van der Waals surface area contributed by atoms with Crippen molar-refractivity contribution in [1.29, 1.82) is 0 Å². The molecule has 12 nitrogen and oxygen atoms in total. The molecule has 1 saturated heterocycles. The maximum absolute atomic E-state index is 11.8. The molecule has 0 aromatic carbocycles. The molecule has 13 heteroatoms. The first-order valence-electron chi connectivity index (χ1n) is 9.03. The smallest absolute Gasteiger partial charge is 0.303 e. The van der Waals surface area contributed by atoms with Crippen LogP contribution in [0.4, 0.5) is 5.13 Å². The van der Waals surface area contributed by atoms with Crippen molar-refractivity contribution in [2.24, 2.45) is 0 Å². The number of ether oxygens (including phenoxy) is 4. The second kappa shape index (κ2) is 10.3. The van der Waals surface area contributed by atoms with Crippen molar-refractivity contribution in [3.05, 3.63) is 5.01 Å². The Morgan fingerprint density at radius 3 is 2.13 bits per heavy atom. The van der Waals surface area contributed by atoms with Crippen LogP contribution in [-0.2, 0) is 38.1 Å². The topological polar surface area (TPSA) is 155 Å². The lowest BCUT2D eigenvalue weighted by atomic mass is 9.95. The largest absolute Gasteiger partial charge is 0.463 e. The van der Waals surface area contributed by atoms with Gasteiger partial charge in [-0.25, -0.2) is 0 Å². The van der Waals surface area contributed by atoms with E-state index in [0.717, 1.165) is 0 Å². The Morgan fingerprint density at radius 2 is 1.63 bits per heavy atom. The average molecular weight is 444 g/mol. The van der Waals surface area contributed by atoms with Crippen LogP contribution in [0.15, 0.2) is 0 Å². The van der Waals surface area contributed by atoms with Gasteiger partial charge in [-0.15, -0.1) is 10.2 Å². The van der Waals surface area contributed by atoms with Gasteiger partial charge in [-0.1, -0.05) is 11.3 Å². The number of aromatic nitrogens is 2. The zero-order valence-corrected chi connectivity index (χ0v) is 18.0. The maximum Gasteiger partial charge on any atom is 0.303 e. The fourth-order valence-electron chi connectivity index (χ4n) is 2.93. The summed E-state index contributed by atoms with van der Waals surface area (Å²) in [6, 6.07) is -0.950. The van der Waals surface area contributed by atoms with Gasteiger partial charge in [0.25, 0.3) is 0 Å². The van der Waals surface area contributed by atoms with Crippen molar-refractivity contribution in [3.8, 4) is 0 Å². The van der Waals surface area contributed by atoms with E-state index in [1.54, 1.807) is 6.92 Å². The Kier molecular flexibility index (Phi) is 8.06. The first kappa shape index (κ1) is 23.5. The summed E-state index contributed by atoms with van der Waals surface area (Å²) in [4.78, 5) is 46.6. The van der Waals surface area contributed by atoms with Gasteiger partial charge < -0.3 is 29.6 Å². The minimum atomic E-state index is -1.14. The number of nitrogens with one attached hydrogen (secondary N) is 2. The normalized spacial score (nSPS) is 25.7. The quantitative estimate of drug-likeness (QED) is 0.428. The third-order valence-electron chi connectivity index (χ3n) is 3.91. The summed E-state index contributed by atoms with van der Waals surface area (Å²) in [5.41, 5.74) is 0. The van der Waals surface area contributed by atoms with E-state index in [1.165, 1.54) is 39.0 Å². The zero-order valence-electron chi connectivity index (χ0n) is 17.2. The molecule has 0 radical (unpaired) electrons. The molecule has 2 rings (SSSR count). The number of carbonyl (C=O) groups is 4. The zero-order chi connectivity index (χ0) is 22.4. The lowest BCUT2D eigenvalue weighted by Gasteiger charge is -2.45. The molecule has 0 unspecified atom stereocenters. The van der Waals surface area contributed by atoms with E-state index in [1.807, 2.05) is 0 Å². The monoisotopic (exact) mass is 444 g/mol. The number of amides is 1. The van der Waals surface area contributed by atoms with E-state index in [-0.39, 0.29) is 6.61 Å². The number of nitrogens with zero attached hydrogens (tertiary/aromatic N) is 2. The second-order valence-corrected chi connectivity index (χ2v) is 7.72. The van der Waals surface area contributed by atoms with Crippen molar-refractivity contribution >= 4 is 40.3 Å². The predicted molar refractivity (Wildman–Crippen MR) is 102 cm³/mol. The number of aryl methyl sites for hydroxylation is 1. The minimum Gasteiger partial charge on any atom is -0.463 e. The number of hydrogen-bond acceptors (Lipinski definition) is 12. The third-order valence-corrected chi connectivity index (χ3v) is 4.68. The Hall–Kier alpha value is -2.80. The summed E-state index contributed by atoms with van der Waals surface area (Å²) in [6.07, 6.45) is -4.22. The van der Waals surface area contributed by atoms with E-state index in [9.17, 15) is 19.2 Å². The summed E-state index contributed by atoms with van der Waals surface area (Å²) >= 11 is 1.24. The molecule has 0 aliphatic carbocycles.